The summed E-state index contributed by atoms with van der Waals surface area (Å²) in [7, 11) is 0. The molecule has 0 N–H and O–H groups in total. The monoisotopic (exact) mass is 389 g/mol. The van der Waals surface area contributed by atoms with E-state index in [2.05, 4.69) is 0 Å². The molecule has 1 fully saturated rings. The number of benzene rings is 2. The molecule has 0 aliphatic carbocycles. The van der Waals surface area contributed by atoms with Crippen LogP contribution < -0.4 is 4.90 Å². The number of hydrogen-bond acceptors (Lipinski definition) is 5. The molecule has 1 atom stereocenters. The second kappa shape index (κ2) is 8.39. The van der Waals surface area contributed by atoms with Gasteiger partial charge < -0.3 is 9.80 Å². The van der Waals surface area contributed by atoms with Gasteiger partial charge in [-0.2, -0.15) is 0 Å². The maximum Gasteiger partial charge on any atom is 0.269 e. The van der Waals surface area contributed by atoms with E-state index in [0.29, 0.717) is 31.9 Å². The highest BCUT2D eigenvalue weighted by Crippen LogP contribution is 2.27. The molecule has 1 saturated heterocycles. The molecule has 3 rings (SSSR count). The van der Waals surface area contributed by atoms with Crippen LogP contribution in [0.15, 0.2) is 53.4 Å². The third-order valence-electron chi connectivity index (χ3n) is 4.49. The molecule has 2 aromatic carbocycles. The van der Waals surface area contributed by atoms with E-state index >= 15 is 0 Å². The Labute approximate surface area is 161 Å². The quantitative estimate of drug-likeness (QED) is 0.444. The average molecular weight is 389 g/mol. The molecular weight excluding hydrogens is 369 g/mol. The van der Waals surface area contributed by atoms with Crippen LogP contribution in [0.5, 0.6) is 0 Å². The third-order valence-corrected chi connectivity index (χ3v) is 5.59. The van der Waals surface area contributed by atoms with E-state index in [1.54, 1.807) is 35.2 Å². The Morgan fingerprint density at radius 1 is 1.11 bits per heavy atom. The number of hydrogen-bond donors (Lipinski definition) is 0. The van der Waals surface area contributed by atoms with Crippen LogP contribution in [0.2, 0.25) is 0 Å². The van der Waals surface area contributed by atoms with Crippen molar-refractivity contribution in [3.05, 3.63) is 64.5 Å². The van der Waals surface area contributed by atoms with Crippen molar-refractivity contribution < 1.29 is 14.1 Å². The van der Waals surface area contributed by atoms with Crippen molar-refractivity contribution in [2.45, 2.75) is 17.1 Å². The van der Waals surface area contributed by atoms with E-state index in [1.165, 1.54) is 30.0 Å². The topological polar surface area (TPSA) is 66.7 Å². The zero-order valence-corrected chi connectivity index (χ0v) is 15.7. The van der Waals surface area contributed by atoms with Crippen LogP contribution in [0.1, 0.15) is 6.92 Å². The number of carbonyl (C=O) groups is 1. The number of thioether (sulfide) groups is 1. The SMILES string of the molecule is CC(Sc1ccc([N+](=O)[O-])cc1)C(=O)N1CCN(c2ccccc2F)CC1. The Hall–Kier alpha value is -2.61. The van der Waals surface area contributed by atoms with Crippen molar-refractivity contribution in [3.63, 3.8) is 0 Å². The molecule has 142 valence electrons. The van der Waals surface area contributed by atoms with Crippen LogP contribution in [0.4, 0.5) is 15.8 Å². The number of anilines is 1. The Kier molecular flexibility index (Phi) is 5.95. The normalized spacial score (nSPS) is 15.5. The van der Waals surface area contributed by atoms with Crippen LogP contribution in [0.25, 0.3) is 0 Å². The summed E-state index contributed by atoms with van der Waals surface area (Å²) in [5.41, 5.74) is 0.598. The molecule has 1 heterocycles. The van der Waals surface area contributed by atoms with Crippen molar-refractivity contribution in [3.8, 4) is 0 Å². The predicted molar refractivity (Wildman–Crippen MR) is 104 cm³/mol. The Bertz CT molecular complexity index is 823. The van der Waals surface area contributed by atoms with Gasteiger partial charge in [0.25, 0.3) is 5.69 Å². The summed E-state index contributed by atoms with van der Waals surface area (Å²) in [6.07, 6.45) is 0. The fraction of sp³-hybridized carbons (Fsp3) is 0.316. The second-order valence-corrected chi connectivity index (χ2v) is 7.69. The van der Waals surface area contributed by atoms with E-state index in [-0.39, 0.29) is 22.7 Å². The maximum atomic E-state index is 13.9. The first-order chi connectivity index (χ1) is 13.0. The first-order valence-electron chi connectivity index (χ1n) is 8.65. The van der Waals surface area contributed by atoms with Crippen LogP contribution in [0, 0.1) is 15.9 Å². The summed E-state index contributed by atoms with van der Waals surface area (Å²) in [5.74, 6) is -0.231. The van der Waals surface area contributed by atoms with E-state index in [0.717, 1.165) is 4.90 Å². The number of carbonyl (C=O) groups excluding carboxylic acids is 1. The molecule has 8 heteroatoms. The van der Waals surface area contributed by atoms with Gasteiger partial charge in [0.1, 0.15) is 5.82 Å². The summed E-state index contributed by atoms with van der Waals surface area (Å²) in [6, 6.07) is 12.8. The van der Waals surface area contributed by atoms with E-state index in [4.69, 9.17) is 0 Å². The molecule has 2 aromatic rings. The van der Waals surface area contributed by atoms with Gasteiger partial charge in [0.2, 0.25) is 5.91 Å². The number of non-ortho nitro benzene ring substituents is 1. The zero-order valence-electron chi connectivity index (χ0n) is 14.9. The largest absolute Gasteiger partial charge is 0.366 e. The number of nitro groups is 1. The van der Waals surface area contributed by atoms with Crippen LogP contribution in [0.3, 0.4) is 0 Å². The van der Waals surface area contributed by atoms with Gasteiger partial charge in [-0.1, -0.05) is 12.1 Å². The minimum Gasteiger partial charge on any atom is -0.366 e. The fourth-order valence-electron chi connectivity index (χ4n) is 3.03. The Morgan fingerprint density at radius 3 is 2.33 bits per heavy atom. The first kappa shape index (κ1) is 19.2. The molecule has 0 saturated carbocycles. The van der Waals surface area contributed by atoms with Gasteiger partial charge >= 0.3 is 0 Å². The standard InChI is InChI=1S/C19H20FN3O3S/c1-14(27-16-8-6-15(7-9-16)23(25)26)19(24)22-12-10-21(11-13-22)18-5-3-2-4-17(18)20/h2-9,14H,10-13H2,1H3. The first-order valence-corrected chi connectivity index (χ1v) is 9.53. The molecule has 1 amide bonds. The molecule has 0 bridgehead atoms. The highest BCUT2D eigenvalue weighted by Gasteiger charge is 2.26. The summed E-state index contributed by atoms with van der Waals surface area (Å²) in [5, 5.41) is 10.4. The van der Waals surface area contributed by atoms with Crippen molar-refractivity contribution in [1.29, 1.82) is 0 Å². The number of nitro benzene ring substituents is 1. The molecule has 0 aromatic heterocycles. The fourth-order valence-corrected chi connectivity index (χ4v) is 3.99. The molecule has 1 aliphatic rings. The minimum absolute atomic E-state index is 0.0199. The Morgan fingerprint density at radius 2 is 1.74 bits per heavy atom. The van der Waals surface area contributed by atoms with Crippen LogP contribution in [-0.2, 0) is 4.79 Å². The molecule has 1 aliphatic heterocycles. The minimum atomic E-state index is -0.446. The van der Waals surface area contributed by atoms with Gasteiger partial charge in [-0.05, 0) is 31.2 Å². The lowest BCUT2D eigenvalue weighted by molar-refractivity contribution is -0.384. The summed E-state index contributed by atoms with van der Waals surface area (Å²) in [4.78, 5) is 27.5. The lowest BCUT2D eigenvalue weighted by atomic mass is 10.2. The van der Waals surface area contributed by atoms with Crippen molar-refractivity contribution in [2.24, 2.45) is 0 Å². The van der Waals surface area contributed by atoms with Crippen molar-refractivity contribution in [1.82, 2.24) is 4.90 Å². The number of para-hydroxylation sites is 1. The van der Waals surface area contributed by atoms with Gasteiger partial charge in [0, 0.05) is 43.2 Å². The number of halogens is 1. The van der Waals surface area contributed by atoms with E-state index in [9.17, 15) is 19.3 Å². The summed E-state index contributed by atoms with van der Waals surface area (Å²) < 4.78 is 13.9. The van der Waals surface area contributed by atoms with Crippen molar-refractivity contribution in [2.75, 3.05) is 31.1 Å². The van der Waals surface area contributed by atoms with Gasteiger partial charge in [-0.15, -0.1) is 11.8 Å². The number of rotatable bonds is 5. The lowest BCUT2D eigenvalue weighted by Gasteiger charge is -2.37. The Balaban J connectivity index is 1.55. The second-order valence-electron chi connectivity index (χ2n) is 6.27. The smallest absolute Gasteiger partial charge is 0.269 e. The highest BCUT2D eigenvalue weighted by atomic mass is 32.2. The molecular formula is C19H20FN3O3S. The van der Waals surface area contributed by atoms with Gasteiger partial charge in [0.05, 0.1) is 15.9 Å². The molecule has 0 radical (unpaired) electrons. The van der Waals surface area contributed by atoms with Gasteiger partial charge in [-0.3, -0.25) is 14.9 Å². The molecule has 27 heavy (non-hydrogen) atoms. The summed E-state index contributed by atoms with van der Waals surface area (Å²) >= 11 is 1.38. The molecule has 6 nitrogen and oxygen atoms in total. The number of amides is 1. The van der Waals surface area contributed by atoms with Gasteiger partial charge in [-0.25, -0.2) is 4.39 Å². The highest BCUT2D eigenvalue weighted by molar-refractivity contribution is 8.00. The van der Waals surface area contributed by atoms with Crippen molar-refractivity contribution >= 4 is 29.0 Å². The third kappa shape index (κ3) is 4.57. The number of piperazine rings is 1. The number of nitrogens with zero attached hydrogens (tertiary/aromatic N) is 3. The lowest BCUT2D eigenvalue weighted by Crippen LogP contribution is -2.50. The zero-order chi connectivity index (χ0) is 19.4. The van der Waals surface area contributed by atoms with Gasteiger partial charge in [0.15, 0.2) is 0 Å². The molecule has 0 spiro atoms. The maximum absolute atomic E-state index is 13.9. The van der Waals surface area contributed by atoms with E-state index in [1.807, 2.05) is 11.8 Å². The van der Waals surface area contributed by atoms with Crippen LogP contribution >= 0.6 is 11.8 Å². The molecule has 1 unspecified atom stereocenters. The van der Waals surface area contributed by atoms with E-state index < -0.39 is 4.92 Å². The summed E-state index contributed by atoms with van der Waals surface area (Å²) in [6.45, 7) is 4.08. The average Bonchev–Trinajstić information content (AvgIpc) is 2.68. The predicted octanol–water partition coefficient (Wildman–Crippen LogP) is 3.56. The van der Waals surface area contributed by atoms with Crippen LogP contribution in [-0.4, -0.2) is 47.2 Å².